The molecule has 8 nitrogen and oxygen atoms in total. The summed E-state index contributed by atoms with van der Waals surface area (Å²) in [5, 5.41) is 14.2. The predicted molar refractivity (Wildman–Crippen MR) is 82.0 cm³/mol. The van der Waals surface area contributed by atoms with Crippen LogP contribution in [-0.2, 0) is 29.0 Å². The summed E-state index contributed by atoms with van der Waals surface area (Å²) in [5.74, 6) is -1.34. The van der Waals surface area contributed by atoms with E-state index >= 15 is 0 Å². The maximum atomic E-state index is 12.7. The summed E-state index contributed by atoms with van der Waals surface area (Å²) in [6.45, 7) is 0.195. The Morgan fingerprint density at radius 3 is 3.04 bits per heavy atom. The first-order valence-electron chi connectivity index (χ1n) is 7.50. The predicted octanol–water partition coefficient (Wildman–Crippen LogP) is 1.13. The summed E-state index contributed by atoms with van der Waals surface area (Å²) in [6, 6.07) is 6.34. The number of aliphatic carboxylic acids is 1. The molecule has 8 heteroatoms. The normalized spacial score (nSPS) is 17.0. The number of hydrogen-bond donors (Lipinski definition) is 2. The SMILES string of the molecule is O=C(O)[C@@H]1Cc2nc[nH]c2CN1C(=O)Cc1noc2ccccc12. The lowest BCUT2D eigenvalue weighted by Gasteiger charge is -2.32. The van der Waals surface area contributed by atoms with Crippen LogP contribution in [0, 0.1) is 0 Å². The maximum Gasteiger partial charge on any atom is 0.326 e. The van der Waals surface area contributed by atoms with Crippen LogP contribution in [0.25, 0.3) is 11.0 Å². The average Bonchev–Trinajstić information content (AvgIpc) is 3.20. The zero-order chi connectivity index (χ0) is 16.7. The molecule has 0 fully saturated rings. The quantitative estimate of drug-likeness (QED) is 0.746. The van der Waals surface area contributed by atoms with Gasteiger partial charge in [0.05, 0.1) is 30.7 Å². The number of imidazole rings is 1. The number of carboxylic acids is 1. The Kier molecular flexibility index (Phi) is 3.30. The topological polar surface area (TPSA) is 112 Å². The van der Waals surface area contributed by atoms with E-state index in [1.807, 2.05) is 18.2 Å². The van der Waals surface area contributed by atoms with Crippen LogP contribution in [0.15, 0.2) is 35.1 Å². The molecule has 0 spiro atoms. The highest BCUT2D eigenvalue weighted by Gasteiger charge is 2.36. The van der Waals surface area contributed by atoms with Gasteiger partial charge in [-0.1, -0.05) is 17.3 Å². The molecular formula is C16H14N4O4. The lowest BCUT2D eigenvalue weighted by Crippen LogP contribution is -2.49. The summed E-state index contributed by atoms with van der Waals surface area (Å²) in [7, 11) is 0. The van der Waals surface area contributed by atoms with Gasteiger partial charge < -0.3 is 19.5 Å². The largest absolute Gasteiger partial charge is 0.480 e. The van der Waals surface area contributed by atoms with Gasteiger partial charge in [-0.05, 0) is 12.1 Å². The van der Waals surface area contributed by atoms with Crippen molar-refractivity contribution < 1.29 is 19.2 Å². The zero-order valence-electron chi connectivity index (χ0n) is 12.6. The van der Waals surface area contributed by atoms with Crippen molar-refractivity contribution in [2.24, 2.45) is 0 Å². The van der Waals surface area contributed by atoms with Crippen LogP contribution in [-0.4, -0.2) is 43.0 Å². The fourth-order valence-electron chi connectivity index (χ4n) is 3.03. The smallest absolute Gasteiger partial charge is 0.326 e. The highest BCUT2D eigenvalue weighted by molar-refractivity contribution is 5.89. The summed E-state index contributed by atoms with van der Waals surface area (Å²) in [6.07, 6.45) is 1.70. The van der Waals surface area contributed by atoms with Crippen molar-refractivity contribution in [3.8, 4) is 0 Å². The van der Waals surface area contributed by atoms with Crippen molar-refractivity contribution in [3.05, 3.63) is 47.7 Å². The van der Waals surface area contributed by atoms with Crippen molar-refractivity contribution in [2.75, 3.05) is 0 Å². The van der Waals surface area contributed by atoms with E-state index in [4.69, 9.17) is 4.52 Å². The number of para-hydroxylation sites is 1. The van der Waals surface area contributed by atoms with E-state index in [0.717, 1.165) is 11.1 Å². The number of nitrogens with one attached hydrogen (secondary N) is 1. The number of fused-ring (bicyclic) bond motifs is 2. The Morgan fingerprint density at radius 1 is 1.38 bits per heavy atom. The number of carbonyl (C=O) groups excluding carboxylic acids is 1. The third-order valence-electron chi connectivity index (χ3n) is 4.28. The second-order valence-electron chi connectivity index (χ2n) is 5.71. The Morgan fingerprint density at radius 2 is 2.21 bits per heavy atom. The third-order valence-corrected chi connectivity index (χ3v) is 4.28. The number of benzene rings is 1. The Hall–Kier alpha value is -3.16. The first-order valence-corrected chi connectivity index (χ1v) is 7.50. The fraction of sp³-hybridized carbons (Fsp3) is 0.250. The number of hydrogen-bond acceptors (Lipinski definition) is 5. The van der Waals surface area contributed by atoms with E-state index in [1.54, 1.807) is 6.07 Å². The maximum absolute atomic E-state index is 12.7. The monoisotopic (exact) mass is 326 g/mol. The van der Waals surface area contributed by atoms with Crippen LogP contribution < -0.4 is 0 Å². The van der Waals surface area contributed by atoms with Gasteiger partial charge >= 0.3 is 5.97 Å². The second-order valence-corrected chi connectivity index (χ2v) is 5.71. The van der Waals surface area contributed by atoms with Crippen molar-refractivity contribution >= 4 is 22.8 Å². The Bertz CT molecular complexity index is 929. The molecule has 0 saturated carbocycles. The number of carbonyl (C=O) groups is 2. The van der Waals surface area contributed by atoms with Crippen molar-refractivity contribution in [1.82, 2.24) is 20.0 Å². The zero-order valence-corrected chi connectivity index (χ0v) is 12.6. The van der Waals surface area contributed by atoms with Crippen LogP contribution in [0.3, 0.4) is 0 Å². The fourth-order valence-corrected chi connectivity index (χ4v) is 3.03. The molecule has 1 aliphatic heterocycles. The number of aromatic amines is 1. The van der Waals surface area contributed by atoms with E-state index in [9.17, 15) is 14.7 Å². The van der Waals surface area contributed by atoms with E-state index in [2.05, 4.69) is 15.1 Å². The molecule has 1 aromatic carbocycles. The van der Waals surface area contributed by atoms with Crippen LogP contribution in [0.1, 0.15) is 17.1 Å². The Labute approximate surface area is 136 Å². The number of H-pyrrole nitrogens is 1. The molecule has 2 N–H and O–H groups in total. The summed E-state index contributed by atoms with van der Waals surface area (Å²) >= 11 is 0. The van der Waals surface area contributed by atoms with Gasteiger partial charge in [-0.2, -0.15) is 0 Å². The molecule has 0 saturated heterocycles. The van der Waals surface area contributed by atoms with Gasteiger partial charge in [0, 0.05) is 11.8 Å². The van der Waals surface area contributed by atoms with Crippen LogP contribution >= 0.6 is 0 Å². The van der Waals surface area contributed by atoms with Crippen molar-refractivity contribution in [2.45, 2.75) is 25.4 Å². The highest BCUT2D eigenvalue weighted by Crippen LogP contribution is 2.23. The number of nitrogens with zero attached hydrogens (tertiary/aromatic N) is 3. The second kappa shape index (κ2) is 5.48. The molecule has 4 rings (SSSR count). The van der Waals surface area contributed by atoms with Gasteiger partial charge in [-0.3, -0.25) is 4.79 Å². The minimum absolute atomic E-state index is 0.00966. The molecule has 0 aliphatic carbocycles. The molecular weight excluding hydrogens is 312 g/mol. The van der Waals surface area contributed by atoms with Crippen LogP contribution in [0.4, 0.5) is 0 Å². The minimum atomic E-state index is -1.04. The highest BCUT2D eigenvalue weighted by atomic mass is 16.5. The van der Waals surface area contributed by atoms with E-state index in [1.165, 1.54) is 11.2 Å². The number of carboxylic acid groups (broad SMARTS) is 1. The van der Waals surface area contributed by atoms with Crippen molar-refractivity contribution in [3.63, 3.8) is 0 Å². The summed E-state index contributed by atoms with van der Waals surface area (Å²) in [4.78, 5) is 32.7. The Balaban J connectivity index is 1.62. The van der Waals surface area contributed by atoms with E-state index < -0.39 is 12.0 Å². The lowest BCUT2D eigenvalue weighted by atomic mass is 10.0. The van der Waals surface area contributed by atoms with Gasteiger partial charge in [0.2, 0.25) is 5.91 Å². The van der Waals surface area contributed by atoms with Crippen molar-refractivity contribution in [1.29, 1.82) is 0 Å². The molecule has 3 aromatic rings. The lowest BCUT2D eigenvalue weighted by molar-refractivity contribution is -0.151. The summed E-state index contributed by atoms with van der Waals surface area (Å²) in [5.41, 5.74) is 2.57. The summed E-state index contributed by atoms with van der Waals surface area (Å²) < 4.78 is 5.20. The molecule has 122 valence electrons. The molecule has 0 unspecified atom stereocenters. The van der Waals surface area contributed by atoms with Crippen LogP contribution in [0.5, 0.6) is 0 Å². The van der Waals surface area contributed by atoms with Gasteiger partial charge in [-0.15, -0.1) is 0 Å². The minimum Gasteiger partial charge on any atom is -0.480 e. The molecule has 3 heterocycles. The van der Waals surface area contributed by atoms with Gasteiger partial charge in [0.1, 0.15) is 11.7 Å². The average molecular weight is 326 g/mol. The number of rotatable bonds is 3. The van der Waals surface area contributed by atoms with E-state index in [0.29, 0.717) is 17.0 Å². The van der Waals surface area contributed by atoms with Crippen LogP contribution in [0.2, 0.25) is 0 Å². The van der Waals surface area contributed by atoms with Gasteiger partial charge in [0.15, 0.2) is 5.58 Å². The molecule has 24 heavy (non-hydrogen) atoms. The molecule has 0 bridgehead atoms. The van der Waals surface area contributed by atoms with E-state index in [-0.39, 0.29) is 25.3 Å². The number of aromatic nitrogens is 3. The third kappa shape index (κ3) is 2.32. The molecule has 1 atom stereocenters. The van der Waals surface area contributed by atoms with Gasteiger partial charge in [0.25, 0.3) is 0 Å². The molecule has 0 radical (unpaired) electrons. The standard InChI is InChI=1S/C16H14N4O4/c21-15(6-10-9-3-1-2-4-14(9)24-19-10)20-7-12-11(17-8-18-12)5-13(20)16(22)23/h1-4,8,13H,5-7H2,(H,17,18)(H,22,23)/t13-/m0/s1. The molecule has 1 aliphatic rings. The molecule has 2 aromatic heterocycles. The first kappa shape index (κ1) is 14.4. The first-order chi connectivity index (χ1) is 11.6. The molecule has 1 amide bonds. The van der Waals surface area contributed by atoms with Gasteiger partial charge in [-0.25, -0.2) is 9.78 Å². The number of amides is 1.